The van der Waals surface area contributed by atoms with Crippen LogP contribution in [0.1, 0.15) is 16.9 Å². The number of hydrogen-bond acceptors (Lipinski definition) is 3. The zero-order chi connectivity index (χ0) is 14.8. The molecule has 0 aliphatic carbocycles. The molecule has 104 valence electrons. The van der Waals surface area contributed by atoms with E-state index in [1.54, 1.807) is 12.1 Å². The molecule has 0 bridgehead atoms. The normalized spacial score (nSPS) is 10.5. The van der Waals surface area contributed by atoms with Crippen molar-refractivity contribution < 1.29 is 13.5 Å². The third-order valence-electron chi connectivity index (χ3n) is 3.33. The molecule has 3 nitrogen and oxygen atoms in total. The molecule has 21 heavy (non-hydrogen) atoms. The van der Waals surface area contributed by atoms with E-state index in [0.29, 0.717) is 11.3 Å². The summed E-state index contributed by atoms with van der Waals surface area (Å²) in [5, 5.41) is 9.89. The quantitative estimate of drug-likeness (QED) is 0.717. The maximum absolute atomic E-state index is 13.1. The Hall–Kier alpha value is -2.80. The number of nitrogens with zero attached hydrogens (tertiary/aromatic N) is 1. The Labute approximate surface area is 121 Å². The van der Waals surface area contributed by atoms with Gasteiger partial charge in [-0.1, -0.05) is 18.2 Å². The molecule has 0 atom stereocenters. The molecule has 0 spiro atoms. The second-order valence-electron chi connectivity index (χ2n) is 4.73. The maximum Gasteiger partial charge on any atom is 0.246 e. The first-order valence-electron chi connectivity index (χ1n) is 6.48. The van der Waals surface area contributed by atoms with Gasteiger partial charge in [0.05, 0.1) is 5.39 Å². The van der Waals surface area contributed by atoms with Crippen LogP contribution in [0.25, 0.3) is 11.0 Å². The van der Waals surface area contributed by atoms with E-state index in [-0.39, 0.29) is 18.2 Å². The van der Waals surface area contributed by atoms with Gasteiger partial charge in [0.15, 0.2) is 5.75 Å². The Bertz CT molecular complexity index is 846. The molecule has 0 N–H and O–H groups in total. The predicted molar refractivity (Wildman–Crippen MR) is 76.4 cm³/mol. The van der Waals surface area contributed by atoms with Crippen molar-refractivity contribution in [3.63, 3.8) is 0 Å². The average molecular weight is 281 g/mol. The van der Waals surface area contributed by atoms with Crippen LogP contribution >= 0.6 is 0 Å². The summed E-state index contributed by atoms with van der Waals surface area (Å²) in [5.74, 6) is 0.301. The van der Waals surface area contributed by atoms with E-state index in [4.69, 9.17) is 14.4 Å². The zero-order valence-corrected chi connectivity index (χ0v) is 11.4. The van der Waals surface area contributed by atoms with Crippen molar-refractivity contribution in [2.24, 2.45) is 0 Å². The lowest BCUT2D eigenvalue weighted by atomic mass is 10.1. The minimum Gasteiger partial charge on any atom is -0.483 e. The fourth-order valence-electron chi connectivity index (χ4n) is 2.21. The molecular weight excluding hydrogens is 269 g/mol. The van der Waals surface area contributed by atoms with Gasteiger partial charge >= 0.3 is 0 Å². The highest BCUT2D eigenvalue weighted by Crippen LogP contribution is 2.33. The fraction of sp³-hybridized carbons (Fsp3) is 0.118. The standard InChI is InChI=1S/C17H12FNO2/c1-11-8-13(18)7-6-12(11)10-20-17-14-4-2-3-5-15(14)21-16(17)9-19/h2-8H,10H2,1H3. The van der Waals surface area contributed by atoms with Gasteiger partial charge in [0.1, 0.15) is 24.1 Å². The van der Waals surface area contributed by atoms with Gasteiger partial charge in [-0.15, -0.1) is 0 Å². The van der Waals surface area contributed by atoms with Crippen LogP contribution in [0, 0.1) is 24.1 Å². The molecule has 0 fully saturated rings. The van der Waals surface area contributed by atoms with Crippen molar-refractivity contribution in [3.8, 4) is 11.8 Å². The van der Waals surface area contributed by atoms with Crippen LogP contribution in [-0.4, -0.2) is 0 Å². The molecule has 3 aromatic rings. The highest BCUT2D eigenvalue weighted by atomic mass is 19.1. The van der Waals surface area contributed by atoms with Crippen LogP contribution in [-0.2, 0) is 6.61 Å². The predicted octanol–water partition coefficient (Wildman–Crippen LogP) is 4.33. The number of rotatable bonds is 3. The Balaban J connectivity index is 1.93. The summed E-state index contributed by atoms with van der Waals surface area (Å²) in [7, 11) is 0. The summed E-state index contributed by atoms with van der Waals surface area (Å²) >= 11 is 0. The molecule has 0 aliphatic heterocycles. The average Bonchev–Trinajstić information content (AvgIpc) is 2.84. The zero-order valence-electron chi connectivity index (χ0n) is 11.4. The van der Waals surface area contributed by atoms with Crippen LogP contribution in [0.2, 0.25) is 0 Å². The van der Waals surface area contributed by atoms with Crippen LogP contribution in [0.5, 0.6) is 5.75 Å². The number of nitriles is 1. The van der Waals surface area contributed by atoms with E-state index in [9.17, 15) is 4.39 Å². The van der Waals surface area contributed by atoms with Gasteiger partial charge in [0.25, 0.3) is 0 Å². The minimum absolute atomic E-state index is 0.149. The van der Waals surface area contributed by atoms with Gasteiger partial charge in [0.2, 0.25) is 5.76 Å². The third-order valence-corrected chi connectivity index (χ3v) is 3.33. The maximum atomic E-state index is 13.1. The first-order chi connectivity index (χ1) is 10.2. The van der Waals surface area contributed by atoms with Gasteiger partial charge in [0, 0.05) is 0 Å². The van der Waals surface area contributed by atoms with E-state index in [0.717, 1.165) is 16.5 Å². The van der Waals surface area contributed by atoms with Crippen molar-refractivity contribution >= 4 is 11.0 Å². The number of para-hydroxylation sites is 1. The topological polar surface area (TPSA) is 46.2 Å². The number of ether oxygens (including phenoxy) is 1. The summed E-state index contributed by atoms with van der Waals surface area (Å²) in [6, 6.07) is 13.8. The Morgan fingerprint density at radius 3 is 2.81 bits per heavy atom. The summed E-state index contributed by atoms with van der Waals surface area (Å²) in [4.78, 5) is 0. The number of aryl methyl sites for hydroxylation is 1. The summed E-state index contributed by atoms with van der Waals surface area (Å²) in [6.45, 7) is 2.07. The lowest BCUT2D eigenvalue weighted by Gasteiger charge is -2.08. The molecule has 1 aromatic heterocycles. The first-order valence-corrected chi connectivity index (χ1v) is 6.48. The van der Waals surface area contributed by atoms with Crippen LogP contribution in [0.3, 0.4) is 0 Å². The van der Waals surface area contributed by atoms with Gasteiger partial charge in [-0.3, -0.25) is 0 Å². The molecule has 2 aromatic carbocycles. The molecule has 0 unspecified atom stereocenters. The van der Waals surface area contributed by atoms with Gasteiger partial charge in [-0.25, -0.2) is 4.39 Å². The highest BCUT2D eigenvalue weighted by Gasteiger charge is 2.15. The van der Waals surface area contributed by atoms with E-state index in [2.05, 4.69) is 0 Å². The largest absolute Gasteiger partial charge is 0.483 e. The van der Waals surface area contributed by atoms with Crippen molar-refractivity contribution in [3.05, 3.63) is 65.2 Å². The number of benzene rings is 2. The molecule has 1 heterocycles. The Morgan fingerprint density at radius 1 is 1.24 bits per heavy atom. The number of fused-ring (bicyclic) bond motifs is 1. The number of halogens is 1. The van der Waals surface area contributed by atoms with E-state index < -0.39 is 0 Å². The molecule has 4 heteroatoms. The second kappa shape index (κ2) is 5.29. The van der Waals surface area contributed by atoms with Crippen molar-refractivity contribution in [2.75, 3.05) is 0 Å². The molecule has 0 aliphatic rings. The van der Waals surface area contributed by atoms with Crippen LogP contribution < -0.4 is 4.74 Å². The summed E-state index contributed by atoms with van der Waals surface area (Å²) in [5.41, 5.74) is 2.28. The van der Waals surface area contributed by atoms with Crippen LogP contribution in [0.4, 0.5) is 4.39 Å². The van der Waals surface area contributed by atoms with E-state index in [1.807, 2.05) is 31.2 Å². The van der Waals surface area contributed by atoms with Crippen LogP contribution in [0.15, 0.2) is 46.9 Å². The SMILES string of the molecule is Cc1cc(F)ccc1COc1c(C#N)oc2ccccc12. The monoisotopic (exact) mass is 281 g/mol. The van der Waals surface area contributed by atoms with Gasteiger partial charge < -0.3 is 9.15 Å². The van der Waals surface area contributed by atoms with Crippen molar-refractivity contribution in [2.45, 2.75) is 13.5 Å². The third kappa shape index (κ3) is 2.46. The fourth-order valence-corrected chi connectivity index (χ4v) is 2.21. The molecule has 0 amide bonds. The molecule has 0 saturated carbocycles. The number of hydrogen-bond donors (Lipinski definition) is 0. The smallest absolute Gasteiger partial charge is 0.246 e. The molecule has 0 saturated heterocycles. The Morgan fingerprint density at radius 2 is 2.05 bits per heavy atom. The van der Waals surface area contributed by atoms with E-state index >= 15 is 0 Å². The number of furan rings is 1. The van der Waals surface area contributed by atoms with E-state index in [1.165, 1.54) is 12.1 Å². The lowest BCUT2D eigenvalue weighted by molar-refractivity contribution is 0.303. The summed E-state index contributed by atoms with van der Waals surface area (Å²) in [6.07, 6.45) is 0. The van der Waals surface area contributed by atoms with Crippen molar-refractivity contribution in [1.29, 1.82) is 5.26 Å². The second-order valence-corrected chi connectivity index (χ2v) is 4.73. The molecule has 3 rings (SSSR count). The molecule has 0 radical (unpaired) electrons. The Kier molecular flexibility index (Phi) is 3.33. The first kappa shape index (κ1) is 13.2. The summed E-state index contributed by atoms with van der Waals surface area (Å²) < 4.78 is 24.3. The minimum atomic E-state index is -0.275. The van der Waals surface area contributed by atoms with Crippen molar-refractivity contribution in [1.82, 2.24) is 0 Å². The van der Waals surface area contributed by atoms with Gasteiger partial charge in [-0.05, 0) is 42.3 Å². The van der Waals surface area contributed by atoms with Gasteiger partial charge in [-0.2, -0.15) is 5.26 Å². The molecular formula is C17H12FNO2. The lowest BCUT2D eigenvalue weighted by Crippen LogP contribution is -1.99. The highest BCUT2D eigenvalue weighted by molar-refractivity contribution is 5.86.